The molecule has 0 unspecified atom stereocenters. The van der Waals surface area contributed by atoms with Gasteiger partial charge in [0.2, 0.25) is 0 Å². The number of carbonyl (C=O) groups is 2. The number of esters is 1. The summed E-state index contributed by atoms with van der Waals surface area (Å²) >= 11 is 0. The Labute approximate surface area is 133 Å². The molecule has 0 radical (unpaired) electrons. The van der Waals surface area contributed by atoms with E-state index in [0.29, 0.717) is 11.3 Å². The Balaban J connectivity index is 1.80. The van der Waals surface area contributed by atoms with Crippen LogP contribution in [0.1, 0.15) is 11.1 Å². The van der Waals surface area contributed by atoms with E-state index in [4.69, 9.17) is 4.74 Å². The van der Waals surface area contributed by atoms with E-state index < -0.39 is 24.3 Å². The van der Waals surface area contributed by atoms with Crippen molar-refractivity contribution < 1.29 is 18.7 Å². The number of benzene rings is 2. The number of nitrogens with one attached hydrogen (secondary N) is 1. The molecule has 0 aliphatic heterocycles. The van der Waals surface area contributed by atoms with Crippen LogP contribution in [-0.4, -0.2) is 18.5 Å². The normalized spacial score (nSPS) is 10.5. The van der Waals surface area contributed by atoms with Gasteiger partial charge in [0.15, 0.2) is 6.61 Å². The van der Waals surface area contributed by atoms with Crippen LogP contribution in [-0.2, 0) is 14.3 Å². The molecule has 1 N–H and O–H groups in total. The molecule has 23 heavy (non-hydrogen) atoms. The lowest BCUT2D eigenvalue weighted by Crippen LogP contribution is -2.20. The smallest absolute Gasteiger partial charge is 0.331 e. The van der Waals surface area contributed by atoms with Crippen LogP contribution in [0, 0.1) is 12.7 Å². The van der Waals surface area contributed by atoms with Crippen molar-refractivity contribution >= 4 is 23.6 Å². The highest BCUT2D eigenvalue weighted by Gasteiger charge is 2.07. The Bertz CT molecular complexity index is 726. The summed E-state index contributed by atoms with van der Waals surface area (Å²) in [5.74, 6) is -1.57. The number of carbonyl (C=O) groups excluding carboxylic acids is 2. The number of rotatable bonds is 5. The Kier molecular flexibility index (Phi) is 5.63. The summed E-state index contributed by atoms with van der Waals surface area (Å²) < 4.78 is 18.2. The van der Waals surface area contributed by atoms with E-state index in [-0.39, 0.29) is 0 Å². The van der Waals surface area contributed by atoms with Crippen LogP contribution in [0.25, 0.3) is 6.08 Å². The topological polar surface area (TPSA) is 55.4 Å². The first-order chi connectivity index (χ1) is 11.0. The highest BCUT2D eigenvalue weighted by atomic mass is 19.1. The summed E-state index contributed by atoms with van der Waals surface area (Å²) in [5.41, 5.74) is 1.65. The van der Waals surface area contributed by atoms with E-state index >= 15 is 0 Å². The third-order valence-electron chi connectivity index (χ3n) is 3.01. The maximum atomic E-state index is 13.4. The summed E-state index contributed by atoms with van der Waals surface area (Å²) in [6.45, 7) is 1.19. The standard InChI is InChI=1S/C18H16FNO3/c1-13-7-9-15(11-16(13)19)20-17(21)12-23-18(22)10-8-14-5-3-2-4-6-14/h2-11H,12H2,1H3,(H,20,21)/b10-8+. The third kappa shape index (κ3) is 5.39. The highest BCUT2D eigenvalue weighted by molar-refractivity contribution is 5.94. The van der Waals surface area contributed by atoms with Gasteiger partial charge in [-0.05, 0) is 36.3 Å². The van der Waals surface area contributed by atoms with E-state index in [1.165, 1.54) is 12.1 Å². The van der Waals surface area contributed by atoms with E-state index in [9.17, 15) is 14.0 Å². The van der Waals surface area contributed by atoms with E-state index in [2.05, 4.69) is 5.32 Å². The SMILES string of the molecule is Cc1ccc(NC(=O)COC(=O)/C=C/c2ccccc2)cc1F. The Hall–Kier alpha value is -2.95. The maximum absolute atomic E-state index is 13.4. The molecule has 5 heteroatoms. The average Bonchev–Trinajstić information content (AvgIpc) is 2.55. The summed E-state index contributed by atoms with van der Waals surface area (Å²) in [5, 5.41) is 2.46. The predicted octanol–water partition coefficient (Wildman–Crippen LogP) is 3.33. The second-order valence-electron chi connectivity index (χ2n) is 4.86. The number of hydrogen-bond acceptors (Lipinski definition) is 3. The quantitative estimate of drug-likeness (QED) is 0.680. The molecule has 0 aromatic heterocycles. The fourth-order valence-electron chi connectivity index (χ4n) is 1.78. The van der Waals surface area contributed by atoms with Crippen molar-refractivity contribution in [3.63, 3.8) is 0 Å². The van der Waals surface area contributed by atoms with Crippen LogP contribution in [0.2, 0.25) is 0 Å². The van der Waals surface area contributed by atoms with Gasteiger partial charge in [0.1, 0.15) is 5.82 Å². The molecule has 118 valence electrons. The van der Waals surface area contributed by atoms with Crippen molar-refractivity contribution in [2.24, 2.45) is 0 Å². The minimum Gasteiger partial charge on any atom is -0.452 e. The van der Waals surface area contributed by atoms with Crippen LogP contribution >= 0.6 is 0 Å². The number of ether oxygens (including phenoxy) is 1. The van der Waals surface area contributed by atoms with Crippen molar-refractivity contribution in [2.75, 3.05) is 11.9 Å². The van der Waals surface area contributed by atoms with Gasteiger partial charge >= 0.3 is 5.97 Å². The van der Waals surface area contributed by atoms with Gasteiger partial charge in [0.25, 0.3) is 5.91 Å². The molecule has 0 aliphatic carbocycles. The van der Waals surface area contributed by atoms with E-state index in [0.717, 1.165) is 5.56 Å². The van der Waals surface area contributed by atoms with Crippen molar-refractivity contribution in [2.45, 2.75) is 6.92 Å². The summed E-state index contributed by atoms with van der Waals surface area (Å²) in [7, 11) is 0. The molecule has 4 nitrogen and oxygen atoms in total. The van der Waals surface area contributed by atoms with Gasteiger partial charge in [-0.25, -0.2) is 9.18 Å². The second kappa shape index (κ2) is 7.89. The van der Waals surface area contributed by atoms with Gasteiger partial charge < -0.3 is 10.1 Å². The molecule has 2 aromatic carbocycles. The number of hydrogen-bond donors (Lipinski definition) is 1. The van der Waals surface area contributed by atoms with E-state index in [1.54, 1.807) is 25.1 Å². The Morgan fingerprint density at radius 1 is 1.17 bits per heavy atom. The average molecular weight is 313 g/mol. The molecule has 0 heterocycles. The molecular weight excluding hydrogens is 297 g/mol. The lowest BCUT2D eigenvalue weighted by Gasteiger charge is -2.06. The summed E-state index contributed by atoms with van der Waals surface area (Å²) in [4.78, 5) is 23.2. The minimum atomic E-state index is -0.626. The fourth-order valence-corrected chi connectivity index (χ4v) is 1.78. The Morgan fingerprint density at radius 2 is 1.91 bits per heavy atom. The first-order valence-electron chi connectivity index (χ1n) is 7.00. The maximum Gasteiger partial charge on any atom is 0.331 e. The number of halogens is 1. The molecule has 2 aromatic rings. The van der Waals surface area contributed by atoms with Crippen molar-refractivity contribution in [1.29, 1.82) is 0 Å². The number of amides is 1. The molecule has 0 saturated carbocycles. The van der Waals surface area contributed by atoms with Gasteiger partial charge in [-0.15, -0.1) is 0 Å². The zero-order valence-corrected chi connectivity index (χ0v) is 12.6. The summed E-state index contributed by atoms with van der Waals surface area (Å²) in [6.07, 6.45) is 2.84. The van der Waals surface area contributed by atoms with Gasteiger partial charge in [-0.3, -0.25) is 4.79 Å². The van der Waals surface area contributed by atoms with E-state index in [1.807, 2.05) is 30.3 Å². The number of aryl methyl sites for hydroxylation is 1. The van der Waals surface area contributed by atoms with Crippen LogP contribution in [0.3, 0.4) is 0 Å². The second-order valence-corrected chi connectivity index (χ2v) is 4.86. The zero-order valence-electron chi connectivity index (χ0n) is 12.6. The first kappa shape index (κ1) is 16.4. The number of anilines is 1. The highest BCUT2D eigenvalue weighted by Crippen LogP contribution is 2.13. The molecule has 0 atom stereocenters. The first-order valence-corrected chi connectivity index (χ1v) is 7.00. The van der Waals surface area contributed by atoms with Crippen molar-refractivity contribution in [3.05, 3.63) is 71.6 Å². The molecule has 0 fully saturated rings. The molecule has 0 bridgehead atoms. The van der Waals surface area contributed by atoms with Crippen LogP contribution in [0.15, 0.2) is 54.6 Å². The molecule has 2 rings (SSSR count). The zero-order chi connectivity index (χ0) is 16.7. The van der Waals surface area contributed by atoms with Gasteiger partial charge in [0, 0.05) is 11.8 Å². The fraction of sp³-hybridized carbons (Fsp3) is 0.111. The molecular formula is C18H16FNO3. The molecule has 0 aliphatic rings. The van der Waals surface area contributed by atoms with Crippen molar-refractivity contribution in [3.8, 4) is 0 Å². The lowest BCUT2D eigenvalue weighted by atomic mass is 10.2. The van der Waals surface area contributed by atoms with Gasteiger partial charge in [-0.2, -0.15) is 0 Å². The largest absolute Gasteiger partial charge is 0.452 e. The Morgan fingerprint density at radius 3 is 2.61 bits per heavy atom. The van der Waals surface area contributed by atoms with Gasteiger partial charge in [-0.1, -0.05) is 36.4 Å². The summed E-state index contributed by atoms with van der Waals surface area (Å²) in [6, 6.07) is 13.6. The molecule has 0 spiro atoms. The molecule has 0 saturated heterocycles. The predicted molar refractivity (Wildman–Crippen MR) is 86.2 cm³/mol. The van der Waals surface area contributed by atoms with Crippen molar-refractivity contribution in [1.82, 2.24) is 0 Å². The van der Waals surface area contributed by atoms with Crippen LogP contribution in [0.4, 0.5) is 10.1 Å². The minimum absolute atomic E-state index is 0.314. The molecule has 1 amide bonds. The lowest BCUT2D eigenvalue weighted by molar-refractivity contribution is -0.142. The van der Waals surface area contributed by atoms with Crippen LogP contribution in [0.5, 0.6) is 0 Å². The monoisotopic (exact) mass is 313 g/mol. The van der Waals surface area contributed by atoms with Crippen LogP contribution < -0.4 is 5.32 Å². The third-order valence-corrected chi connectivity index (χ3v) is 3.01. The van der Waals surface area contributed by atoms with Gasteiger partial charge in [0.05, 0.1) is 0 Å².